The van der Waals surface area contributed by atoms with Gasteiger partial charge < -0.3 is 24.4 Å². The normalized spacial score (nSPS) is 16.5. The van der Waals surface area contributed by atoms with E-state index in [9.17, 15) is 23.6 Å². The number of rotatable bonds is 9. The first-order valence-electron chi connectivity index (χ1n) is 16.5. The minimum absolute atomic E-state index is 0.116. The van der Waals surface area contributed by atoms with Gasteiger partial charge in [-0.05, 0) is 117 Å². The van der Waals surface area contributed by atoms with Crippen LogP contribution in [-0.2, 0) is 31.8 Å². The van der Waals surface area contributed by atoms with Crippen LogP contribution in [0.25, 0.3) is 0 Å². The molecular formula is C36H52FN5O7. The molecule has 49 heavy (non-hydrogen) atoms. The molecule has 1 saturated heterocycles. The Bertz CT molecular complexity index is 1500. The quantitative estimate of drug-likeness (QED) is 0.296. The van der Waals surface area contributed by atoms with Crippen molar-refractivity contribution in [3.63, 3.8) is 0 Å². The Kier molecular flexibility index (Phi) is 12.6. The van der Waals surface area contributed by atoms with Crippen molar-refractivity contribution in [2.75, 3.05) is 31.5 Å². The van der Waals surface area contributed by atoms with E-state index in [1.54, 1.807) is 85.4 Å². The number of benzene rings is 1. The second-order valence-corrected chi connectivity index (χ2v) is 15.5. The number of carbonyl (C=O) groups excluding carboxylic acids is 4. The molecule has 0 aliphatic carbocycles. The summed E-state index contributed by atoms with van der Waals surface area (Å²) in [6, 6.07) is 9.16. The van der Waals surface area contributed by atoms with Crippen LogP contribution in [0.2, 0.25) is 0 Å². The van der Waals surface area contributed by atoms with E-state index in [0.29, 0.717) is 29.9 Å². The van der Waals surface area contributed by atoms with Crippen LogP contribution in [0.3, 0.4) is 0 Å². The number of anilines is 1. The number of carbonyl (C=O) groups is 4. The summed E-state index contributed by atoms with van der Waals surface area (Å²) in [7, 11) is 0. The molecule has 1 aromatic heterocycles. The van der Waals surface area contributed by atoms with E-state index in [2.05, 4.69) is 15.6 Å². The van der Waals surface area contributed by atoms with Crippen molar-refractivity contribution in [1.29, 1.82) is 0 Å². The van der Waals surface area contributed by atoms with Crippen LogP contribution in [0.15, 0.2) is 36.4 Å². The van der Waals surface area contributed by atoms with Gasteiger partial charge in [0.05, 0.1) is 6.04 Å². The molecule has 1 aliphatic rings. The van der Waals surface area contributed by atoms with Crippen molar-refractivity contribution in [3.05, 3.63) is 59.0 Å². The van der Waals surface area contributed by atoms with Crippen LogP contribution >= 0.6 is 0 Å². The van der Waals surface area contributed by atoms with Gasteiger partial charge in [0.15, 0.2) is 0 Å². The molecule has 270 valence electrons. The summed E-state index contributed by atoms with van der Waals surface area (Å²) in [4.78, 5) is 59.7. The number of hydrogen-bond donors (Lipinski definition) is 2. The number of nitrogens with zero attached hydrogens (tertiary/aromatic N) is 3. The van der Waals surface area contributed by atoms with Gasteiger partial charge >= 0.3 is 18.3 Å². The lowest BCUT2D eigenvalue weighted by Crippen LogP contribution is -2.48. The van der Waals surface area contributed by atoms with Crippen LogP contribution in [0, 0.1) is 18.7 Å². The van der Waals surface area contributed by atoms with E-state index in [1.165, 1.54) is 17.0 Å². The second-order valence-electron chi connectivity index (χ2n) is 15.5. The molecule has 2 heterocycles. The summed E-state index contributed by atoms with van der Waals surface area (Å²) in [5.74, 6) is -0.798. The van der Waals surface area contributed by atoms with Gasteiger partial charge in [0.2, 0.25) is 5.91 Å². The molecule has 1 fully saturated rings. The molecule has 0 saturated carbocycles. The summed E-state index contributed by atoms with van der Waals surface area (Å²) in [5.41, 5.74) is -0.0344. The Balaban J connectivity index is 1.81. The average molecular weight is 686 g/mol. The lowest BCUT2D eigenvalue weighted by atomic mass is 9.96. The van der Waals surface area contributed by atoms with Crippen molar-refractivity contribution >= 4 is 30.0 Å². The van der Waals surface area contributed by atoms with Gasteiger partial charge in [-0.3, -0.25) is 15.0 Å². The highest BCUT2D eigenvalue weighted by Gasteiger charge is 2.39. The van der Waals surface area contributed by atoms with Gasteiger partial charge in [-0.25, -0.2) is 23.8 Å². The van der Waals surface area contributed by atoms with E-state index < -0.39 is 52.8 Å². The monoisotopic (exact) mass is 685 g/mol. The summed E-state index contributed by atoms with van der Waals surface area (Å²) in [5, 5.41) is 5.70. The van der Waals surface area contributed by atoms with E-state index in [-0.39, 0.29) is 32.1 Å². The standard InChI is InChI=1S/C36H52FN5O7/c1-23-16-27(38-29(17-23)40-31(44)47-34(2,3)4)19-25-20-42(33(46)49-36(8,9)10)21-28(25)39-30(43)22-41(32(45)48-35(5,6)7)15-14-24-12-11-13-26(37)18-24/h11-13,16-18,25,28H,14-15,19-22H2,1-10H3,(H,39,43)(H,38,40,44)/t25-,28+/m1/s1. The molecule has 2 N–H and O–H groups in total. The number of likely N-dealkylation sites (tertiary alicyclic amines) is 1. The molecule has 13 heteroatoms. The number of hydrogen-bond acceptors (Lipinski definition) is 8. The van der Waals surface area contributed by atoms with Gasteiger partial charge in [0, 0.05) is 31.2 Å². The van der Waals surface area contributed by atoms with Crippen molar-refractivity contribution in [1.82, 2.24) is 20.1 Å². The lowest BCUT2D eigenvalue weighted by Gasteiger charge is -2.28. The number of aryl methyl sites for hydroxylation is 1. The predicted molar refractivity (Wildman–Crippen MR) is 184 cm³/mol. The van der Waals surface area contributed by atoms with Crippen LogP contribution in [0.5, 0.6) is 0 Å². The van der Waals surface area contributed by atoms with Crippen molar-refractivity contribution in [2.24, 2.45) is 5.92 Å². The van der Waals surface area contributed by atoms with E-state index in [0.717, 1.165) is 5.56 Å². The number of ether oxygens (including phenoxy) is 3. The summed E-state index contributed by atoms with van der Waals surface area (Å²) < 4.78 is 30.4. The molecule has 1 aliphatic heterocycles. The third-order valence-corrected chi connectivity index (χ3v) is 7.11. The van der Waals surface area contributed by atoms with E-state index in [4.69, 9.17) is 14.2 Å². The van der Waals surface area contributed by atoms with Gasteiger partial charge in [-0.2, -0.15) is 0 Å². The molecule has 0 unspecified atom stereocenters. The van der Waals surface area contributed by atoms with Crippen molar-refractivity contribution in [3.8, 4) is 0 Å². The number of nitrogens with one attached hydrogen (secondary N) is 2. The highest BCUT2D eigenvalue weighted by molar-refractivity contribution is 5.84. The summed E-state index contributed by atoms with van der Waals surface area (Å²) >= 11 is 0. The second kappa shape index (κ2) is 15.9. The lowest BCUT2D eigenvalue weighted by molar-refractivity contribution is -0.123. The minimum atomic E-state index is -0.798. The zero-order chi connectivity index (χ0) is 36.7. The minimum Gasteiger partial charge on any atom is -0.444 e. The summed E-state index contributed by atoms with van der Waals surface area (Å²) in [6.45, 7) is 18.0. The SMILES string of the molecule is Cc1cc(C[C@@H]2CN(C(=O)OC(C)(C)C)C[C@@H]2NC(=O)CN(CCc2cccc(F)c2)C(=O)OC(C)(C)C)nc(NC(=O)OC(C)(C)C)c1. The Morgan fingerprint density at radius 3 is 2.18 bits per heavy atom. The number of aromatic nitrogens is 1. The van der Waals surface area contributed by atoms with E-state index in [1.807, 2.05) is 13.0 Å². The molecule has 2 atom stereocenters. The Morgan fingerprint density at radius 2 is 1.57 bits per heavy atom. The average Bonchev–Trinajstić information content (AvgIpc) is 3.29. The first-order valence-corrected chi connectivity index (χ1v) is 16.5. The Hall–Kier alpha value is -4.42. The van der Waals surface area contributed by atoms with Crippen LogP contribution in [-0.4, -0.2) is 88.0 Å². The topological polar surface area (TPSA) is 139 Å². The number of pyridine rings is 1. The first-order chi connectivity index (χ1) is 22.5. The molecule has 0 radical (unpaired) electrons. The van der Waals surface area contributed by atoms with Crippen molar-refractivity contribution in [2.45, 2.75) is 105 Å². The van der Waals surface area contributed by atoms with Gasteiger partial charge in [-0.1, -0.05) is 12.1 Å². The maximum atomic E-state index is 13.8. The zero-order valence-corrected chi connectivity index (χ0v) is 30.4. The highest BCUT2D eigenvalue weighted by Crippen LogP contribution is 2.25. The molecule has 0 bridgehead atoms. The fourth-order valence-electron chi connectivity index (χ4n) is 5.25. The van der Waals surface area contributed by atoms with Crippen molar-refractivity contribution < 1.29 is 37.8 Å². The maximum absolute atomic E-state index is 13.8. The predicted octanol–water partition coefficient (Wildman–Crippen LogP) is 6.25. The third kappa shape index (κ3) is 13.9. The van der Waals surface area contributed by atoms with Gasteiger partial charge in [0.25, 0.3) is 0 Å². The fourth-order valence-corrected chi connectivity index (χ4v) is 5.25. The van der Waals surface area contributed by atoms with E-state index >= 15 is 0 Å². The van der Waals surface area contributed by atoms with Crippen LogP contribution in [0.1, 0.15) is 79.1 Å². The Morgan fingerprint density at radius 1 is 0.918 bits per heavy atom. The number of amides is 4. The largest absolute Gasteiger partial charge is 0.444 e. The fraction of sp³-hybridized carbons (Fsp3) is 0.583. The summed E-state index contributed by atoms with van der Waals surface area (Å²) in [6.07, 6.45) is -1.15. The smallest absolute Gasteiger partial charge is 0.413 e. The zero-order valence-electron chi connectivity index (χ0n) is 30.4. The Labute approximate surface area is 289 Å². The van der Waals surface area contributed by atoms with Crippen LogP contribution < -0.4 is 10.6 Å². The van der Waals surface area contributed by atoms with Gasteiger partial charge in [0.1, 0.15) is 35.0 Å². The third-order valence-electron chi connectivity index (χ3n) is 7.11. The van der Waals surface area contributed by atoms with Crippen LogP contribution in [0.4, 0.5) is 24.6 Å². The molecule has 2 aromatic rings. The highest BCUT2D eigenvalue weighted by atomic mass is 19.1. The molecule has 1 aromatic carbocycles. The molecular weight excluding hydrogens is 633 g/mol. The first kappa shape index (κ1) is 39.0. The van der Waals surface area contributed by atoms with Gasteiger partial charge in [-0.15, -0.1) is 0 Å². The molecule has 12 nitrogen and oxygen atoms in total. The number of halogens is 1. The molecule has 0 spiro atoms. The molecule has 3 rings (SSSR count). The molecule has 4 amide bonds. The maximum Gasteiger partial charge on any atom is 0.413 e.